The van der Waals surface area contributed by atoms with Crippen LogP contribution < -0.4 is 31.4 Å². The molecule has 35 heavy (non-hydrogen) atoms. The van der Waals surface area contributed by atoms with Gasteiger partial charge in [0.1, 0.15) is 12.3 Å². The van der Waals surface area contributed by atoms with Gasteiger partial charge >= 0.3 is 0 Å². The summed E-state index contributed by atoms with van der Waals surface area (Å²) in [6, 6.07) is 5.62. The third kappa shape index (κ3) is 5.89. The van der Waals surface area contributed by atoms with Gasteiger partial charge in [0.25, 0.3) is 17.6 Å². The van der Waals surface area contributed by atoms with Gasteiger partial charge in [0.15, 0.2) is 40.1 Å². The van der Waals surface area contributed by atoms with Gasteiger partial charge in [-0.05, 0) is 33.2 Å². The molecule has 13 heteroatoms. The number of nitrogens with zero attached hydrogens (tertiary/aromatic N) is 5. The summed E-state index contributed by atoms with van der Waals surface area (Å²) in [5.74, 6) is 0.500. The van der Waals surface area contributed by atoms with E-state index in [-0.39, 0.29) is 41.5 Å². The quantitative estimate of drug-likeness (QED) is 0.284. The topological polar surface area (TPSA) is 157 Å². The number of nitrogens with two attached hydrogens (primary N) is 2. The Morgan fingerprint density at radius 3 is 2.60 bits per heavy atom. The molecule has 2 heterocycles. The number of hydrogen-bond donors (Lipinski definition) is 4. The average Bonchev–Trinajstić information content (AvgIpc) is 3.10. The number of aromatic nitrogens is 4. The number of carbonyl (C=O) groups is 2. The van der Waals surface area contributed by atoms with Crippen molar-refractivity contribution in [1.82, 2.24) is 30.1 Å². The van der Waals surface area contributed by atoms with Crippen molar-refractivity contribution < 1.29 is 18.9 Å². The predicted molar refractivity (Wildman–Crippen MR) is 133 cm³/mol. The second-order valence-corrected chi connectivity index (χ2v) is 8.43. The minimum atomic E-state index is -0.565. The van der Waals surface area contributed by atoms with E-state index in [1.165, 1.54) is 0 Å². The molecule has 0 aliphatic rings. The highest BCUT2D eigenvalue weighted by molar-refractivity contribution is 6.31. The summed E-state index contributed by atoms with van der Waals surface area (Å²) in [6.45, 7) is 3.99. The molecule has 0 atom stereocenters. The van der Waals surface area contributed by atoms with Crippen LogP contribution in [-0.4, -0.2) is 65.5 Å². The summed E-state index contributed by atoms with van der Waals surface area (Å²) in [4.78, 5) is 35.4. The van der Waals surface area contributed by atoms with Crippen LogP contribution in [0, 0.1) is 0 Å². The first kappa shape index (κ1) is 26.0. The highest BCUT2D eigenvalue weighted by Gasteiger charge is 2.27. The number of hydrogen-bond acceptors (Lipinski definition) is 8. The Morgan fingerprint density at radius 2 is 1.94 bits per heavy atom. The van der Waals surface area contributed by atoms with E-state index in [9.17, 15) is 9.59 Å². The van der Waals surface area contributed by atoms with Crippen molar-refractivity contribution in [2.75, 3.05) is 45.8 Å². The minimum absolute atomic E-state index is 0.0566. The molecular weight excluding hydrogens is 474 g/mol. The molecule has 0 aliphatic carbocycles. The fourth-order valence-corrected chi connectivity index (χ4v) is 3.82. The van der Waals surface area contributed by atoms with E-state index in [2.05, 4.69) is 20.6 Å². The Bertz CT molecular complexity index is 1240. The van der Waals surface area contributed by atoms with Gasteiger partial charge in [-0.1, -0.05) is 11.6 Å². The van der Waals surface area contributed by atoms with E-state index < -0.39 is 5.91 Å². The monoisotopic (exact) mass is 504 g/mol. The lowest BCUT2D eigenvalue weighted by Gasteiger charge is -2.11. The molecule has 0 aliphatic heterocycles. The van der Waals surface area contributed by atoms with Crippen molar-refractivity contribution >= 4 is 46.1 Å². The first-order valence-electron chi connectivity index (χ1n) is 11.0. The van der Waals surface area contributed by atoms with Crippen LogP contribution in [0.2, 0.25) is 5.15 Å². The number of nitrogens with one attached hydrogen (secondary N) is 2. The van der Waals surface area contributed by atoms with Crippen molar-refractivity contribution in [2.24, 2.45) is 0 Å². The molecule has 1 aromatic carbocycles. The number of aryl methyl sites for hydroxylation is 1. The molecule has 2 amide bonds. The molecule has 0 saturated carbocycles. The highest BCUT2D eigenvalue weighted by atomic mass is 35.5. The largest absolute Gasteiger partial charge is 0.497 e. The van der Waals surface area contributed by atoms with Crippen LogP contribution in [0.5, 0.6) is 5.75 Å². The summed E-state index contributed by atoms with van der Waals surface area (Å²) in [5.41, 5.74) is 13.0. The van der Waals surface area contributed by atoms with Gasteiger partial charge in [0, 0.05) is 19.2 Å². The van der Waals surface area contributed by atoms with Crippen LogP contribution in [0.15, 0.2) is 18.2 Å². The van der Waals surface area contributed by atoms with E-state index in [1.807, 2.05) is 53.3 Å². The number of halogens is 1. The molecule has 0 bridgehead atoms. The lowest BCUT2D eigenvalue weighted by Crippen LogP contribution is -2.48. The van der Waals surface area contributed by atoms with E-state index in [4.69, 9.17) is 27.8 Å². The molecule has 2 aromatic heterocycles. The third-order valence-electron chi connectivity index (χ3n) is 5.41. The van der Waals surface area contributed by atoms with Crippen molar-refractivity contribution in [3.8, 4) is 5.75 Å². The zero-order chi connectivity index (χ0) is 25.7. The van der Waals surface area contributed by atoms with Crippen LogP contribution >= 0.6 is 11.6 Å². The number of benzene rings is 1. The zero-order valence-corrected chi connectivity index (χ0v) is 21.0. The predicted octanol–water partition coefficient (Wildman–Crippen LogP) is 0.173. The zero-order valence-electron chi connectivity index (χ0n) is 20.3. The fourth-order valence-electron chi connectivity index (χ4n) is 3.69. The average molecular weight is 505 g/mol. The van der Waals surface area contributed by atoms with E-state index >= 15 is 0 Å². The number of nitrogen functional groups attached to an aromatic ring is 2. The van der Waals surface area contributed by atoms with Gasteiger partial charge in [-0.25, -0.2) is 19.1 Å². The van der Waals surface area contributed by atoms with Gasteiger partial charge in [0.05, 0.1) is 13.7 Å². The number of fused-ring (bicyclic) bond motifs is 1. The van der Waals surface area contributed by atoms with Crippen LogP contribution in [0.25, 0.3) is 11.0 Å². The first-order valence-corrected chi connectivity index (χ1v) is 11.4. The summed E-state index contributed by atoms with van der Waals surface area (Å²) in [5, 5.41) is 5.63. The molecule has 12 nitrogen and oxygen atoms in total. The Hall–Kier alpha value is -3.64. The molecule has 0 saturated heterocycles. The van der Waals surface area contributed by atoms with Gasteiger partial charge in [0.2, 0.25) is 0 Å². The van der Waals surface area contributed by atoms with Gasteiger partial charge in [-0.3, -0.25) is 9.59 Å². The van der Waals surface area contributed by atoms with E-state index in [0.717, 1.165) is 17.6 Å². The Morgan fingerprint density at radius 1 is 1.20 bits per heavy atom. The summed E-state index contributed by atoms with van der Waals surface area (Å²) >= 11 is 5.92. The second-order valence-electron chi connectivity index (χ2n) is 8.07. The van der Waals surface area contributed by atoms with Gasteiger partial charge in [-0.2, -0.15) is 0 Å². The molecule has 188 valence electrons. The second kappa shape index (κ2) is 11.2. The van der Waals surface area contributed by atoms with Crippen molar-refractivity contribution in [1.29, 1.82) is 0 Å². The maximum absolute atomic E-state index is 12.8. The van der Waals surface area contributed by atoms with Gasteiger partial charge in [-0.15, -0.1) is 0 Å². The summed E-state index contributed by atoms with van der Waals surface area (Å²) in [7, 11) is 5.47. The lowest BCUT2D eigenvalue weighted by molar-refractivity contribution is -0.667. The Kier molecular flexibility index (Phi) is 8.30. The molecule has 0 radical (unpaired) electrons. The molecular formula is C22H31ClN9O3+. The minimum Gasteiger partial charge on any atom is -0.497 e. The van der Waals surface area contributed by atoms with Crippen molar-refractivity contribution in [2.45, 2.75) is 26.6 Å². The number of amides is 2. The van der Waals surface area contributed by atoms with Crippen LogP contribution in [0.4, 0.5) is 11.6 Å². The number of methoxy groups -OCH3 is 1. The highest BCUT2D eigenvalue weighted by Crippen LogP contribution is 2.22. The van der Waals surface area contributed by atoms with Crippen LogP contribution in [0.1, 0.15) is 23.2 Å². The molecule has 3 aromatic rings. The van der Waals surface area contributed by atoms with Crippen LogP contribution in [0.3, 0.4) is 0 Å². The number of carbonyl (C=O) groups excluding carboxylic acids is 2. The normalized spacial score (nSPS) is 11.1. The molecule has 6 N–H and O–H groups in total. The van der Waals surface area contributed by atoms with E-state index in [0.29, 0.717) is 24.7 Å². The molecule has 0 unspecified atom stereocenters. The van der Waals surface area contributed by atoms with Crippen LogP contribution in [-0.2, 0) is 24.4 Å². The van der Waals surface area contributed by atoms with Crippen molar-refractivity contribution in [3.05, 3.63) is 34.9 Å². The third-order valence-corrected chi connectivity index (χ3v) is 5.69. The number of anilines is 2. The SMILES string of the molecule is CCn1c(CNC(=O)c2nc(Cl)c(N)nc2N)[n+](CC(=O)NCCN(C)C)c2ccc(OC)cc21. The molecule has 3 rings (SSSR count). The van der Waals surface area contributed by atoms with Crippen molar-refractivity contribution in [3.63, 3.8) is 0 Å². The summed E-state index contributed by atoms with van der Waals surface area (Å²) in [6.07, 6.45) is 0. The smallest absolute Gasteiger partial charge is 0.277 e. The maximum atomic E-state index is 12.8. The Labute approximate surface area is 208 Å². The lowest BCUT2D eigenvalue weighted by atomic mass is 10.3. The fraction of sp³-hybridized carbons (Fsp3) is 0.409. The molecule has 0 spiro atoms. The maximum Gasteiger partial charge on any atom is 0.277 e. The number of imidazole rings is 1. The van der Waals surface area contributed by atoms with E-state index in [1.54, 1.807) is 7.11 Å². The number of rotatable bonds is 10. The Balaban J connectivity index is 1.94. The number of ether oxygens (including phenoxy) is 1. The summed E-state index contributed by atoms with van der Waals surface area (Å²) < 4.78 is 9.27. The standard InChI is InChI=1S/C22H30ClN9O3/c1-5-31-15-10-13(35-4)6-7-14(15)32(12-16(33)26-8-9-30(2)3)17(31)11-27-22(34)18-20(24)29-21(25)19(23)28-18/h6-7,10H,5,8-9,11-12H2,1-4H3,(H5-,24,25,26,27,29,33,34)/p+1. The van der Waals surface area contributed by atoms with Gasteiger partial charge < -0.3 is 31.7 Å². The number of likely N-dealkylation sites (N-methyl/N-ethyl adjacent to an activating group) is 1. The molecule has 0 fully saturated rings. The first-order chi connectivity index (χ1) is 16.7.